The first-order valence-corrected chi connectivity index (χ1v) is 5.71. The lowest BCUT2D eigenvalue weighted by Gasteiger charge is -2.17. The van der Waals surface area contributed by atoms with Crippen molar-refractivity contribution in [3.63, 3.8) is 0 Å². The van der Waals surface area contributed by atoms with Crippen LogP contribution in [-0.4, -0.2) is 25.8 Å². The highest BCUT2D eigenvalue weighted by Crippen LogP contribution is 2.32. The zero-order chi connectivity index (χ0) is 13.0. The van der Waals surface area contributed by atoms with E-state index >= 15 is 0 Å². The molecule has 96 valence electrons. The summed E-state index contributed by atoms with van der Waals surface area (Å²) in [4.78, 5) is 0. The normalized spacial score (nSPS) is 12.9. The fraction of sp³-hybridized carbons (Fsp3) is 0.538. The van der Waals surface area contributed by atoms with Crippen molar-refractivity contribution in [2.45, 2.75) is 25.9 Å². The summed E-state index contributed by atoms with van der Waals surface area (Å²) in [6, 6.07) is 3.07. The number of aliphatic hydroxyl groups excluding tert-OH is 1. The predicted molar refractivity (Wildman–Crippen MR) is 65.9 cm³/mol. The Bertz CT molecular complexity index is 380. The second-order valence-corrected chi connectivity index (χ2v) is 4.35. The average molecular weight is 241 g/mol. The Labute approximate surface area is 102 Å². The molecular weight excluding hydrogens is 221 g/mol. The van der Waals surface area contributed by atoms with Crippen molar-refractivity contribution in [2.75, 3.05) is 20.7 Å². The van der Waals surface area contributed by atoms with Gasteiger partial charge in [0.25, 0.3) is 0 Å². The molecule has 0 amide bonds. The molecule has 1 aromatic rings. The SMILES string of the molecule is CNCC(O)c1cc(F)c(C(C)C)c(OC)c1. The second kappa shape index (κ2) is 5.98. The number of halogens is 1. The van der Waals surface area contributed by atoms with Crippen molar-refractivity contribution < 1.29 is 14.2 Å². The van der Waals surface area contributed by atoms with Crippen LogP contribution in [0.3, 0.4) is 0 Å². The fourth-order valence-electron chi connectivity index (χ4n) is 1.85. The summed E-state index contributed by atoms with van der Waals surface area (Å²) in [7, 11) is 3.24. The summed E-state index contributed by atoms with van der Waals surface area (Å²) in [5.74, 6) is 0.204. The van der Waals surface area contributed by atoms with Gasteiger partial charge in [0, 0.05) is 12.1 Å². The van der Waals surface area contributed by atoms with E-state index in [2.05, 4.69) is 5.32 Å². The van der Waals surface area contributed by atoms with Crippen LogP contribution in [0.25, 0.3) is 0 Å². The van der Waals surface area contributed by atoms with Crippen LogP contribution < -0.4 is 10.1 Å². The Kier molecular flexibility index (Phi) is 4.90. The van der Waals surface area contributed by atoms with Crippen molar-refractivity contribution in [3.05, 3.63) is 29.1 Å². The van der Waals surface area contributed by atoms with Crippen LogP contribution in [-0.2, 0) is 0 Å². The highest BCUT2D eigenvalue weighted by molar-refractivity contribution is 5.41. The fourth-order valence-corrected chi connectivity index (χ4v) is 1.85. The number of nitrogens with one attached hydrogen (secondary N) is 1. The molecule has 0 heterocycles. The van der Waals surface area contributed by atoms with Crippen LogP contribution in [0.15, 0.2) is 12.1 Å². The molecule has 0 radical (unpaired) electrons. The highest BCUT2D eigenvalue weighted by Gasteiger charge is 2.17. The number of hydrogen-bond acceptors (Lipinski definition) is 3. The quantitative estimate of drug-likeness (QED) is 0.830. The van der Waals surface area contributed by atoms with Gasteiger partial charge in [0.2, 0.25) is 0 Å². The van der Waals surface area contributed by atoms with E-state index in [1.54, 1.807) is 13.1 Å². The number of rotatable bonds is 5. The lowest BCUT2D eigenvalue weighted by atomic mass is 9.97. The molecule has 0 saturated carbocycles. The minimum absolute atomic E-state index is 0.0421. The predicted octanol–water partition coefficient (Wildman–Crippen LogP) is 2.21. The molecule has 0 spiro atoms. The van der Waals surface area contributed by atoms with Crippen molar-refractivity contribution in [1.29, 1.82) is 0 Å². The van der Waals surface area contributed by atoms with Crippen molar-refractivity contribution >= 4 is 0 Å². The maximum absolute atomic E-state index is 13.9. The molecule has 0 saturated heterocycles. The summed E-state index contributed by atoms with van der Waals surface area (Å²) in [6.07, 6.45) is -0.732. The number of ether oxygens (including phenoxy) is 1. The van der Waals surface area contributed by atoms with E-state index in [4.69, 9.17) is 4.74 Å². The molecule has 0 bridgehead atoms. The van der Waals surface area contributed by atoms with Crippen LogP contribution in [0.1, 0.15) is 37.0 Å². The van der Waals surface area contributed by atoms with Crippen molar-refractivity contribution in [2.24, 2.45) is 0 Å². The van der Waals surface area contributed by atoms with E-state index in [1.807, 2.05) is 13.8 Å². The van der Waals surface area contributed by atoms with Gasteiger partial charge in [0.05, 0.1) is 13.2 Å². The second-order valence-electron chi connectivity index (χ2n) is 4.35. The number of likely N-dealkylation sites (N-methyl/N-ethyl adjacent to an activating group) is 1. The minimum atomic E-state index is -0.732. The lowest BCUT2D eigenvalue weighted by Crippen LogP contribution is -2.17. The van der Waals surface area contributed by atoms with Gasteiger partial charge < -0.3 is 15.2 Å². The average Bonchev–Trinajstić information content (AvgIpc) is 2.27. The van der Waals surface area contributed by atoms with Crippen molar-refractivity contribution in [1.82, 2.24) is 5.32 Å². The molecule has 0 aliphatic carbocycles. The minimum Gasteiger partial charge on any atom is -0.496 e. The third kappa shape index (κ3) is 3.17. The molecular formula is C13H20FNO2. The summed E-state index contributed by atoms with van der Waals surface area (Å²) in [5.41, 5.74) is 1.08. The Morgan fingerprint density at radius 1 is 1.41 bits per heavy atom. The number of benzene rings is 1. The van der Waals surface area contributed by atoms with E-state index in [1.165, 1.54) is 13.2 Å². The van der Waals surface area contributed by atoms with Gasteiger partial charge in [-0.3, -0.25) is 0 Å². The van der Waals surface area contributed by atoms with Crippen LogP contribution in [0.2, 0.25) is 0 Å². The summed E-state index contributed by atoms with van der Waals surface area (Å²) >= 11 is 0. The zero-order valence-corrected chi connectivity index (χ0v) is 10.7. The lowest BCUT2D eigenvalue weighted by molar-refractivity contribution is 0.177. The van der Waals surface area contributed by atoms with Gasteiger partial charge in [-0.1, -0.05) is 13.8 Å². The third-order valence-electron chi connectivity index (χ3n) is 2.69. The third-order valence-corrected chi connectivity index (χ3v) is 2.69. The van der Waals surface area contributed by atoms with E-state index in [9.17, 15) is 9.50 Å². The molecule has 1 atom stereocenters. The monoisotopic (exact) mass is 241 g/mol. The first kappa shape index (κ1) is 13.9. The Hall–Kier alpha value is -1.13. The van der Waals surface area contributed by atoms with Crippen molar-refractivity contribution in [3.8, 4) is 5.75 Å². The summed E-state index contributed by atoms with van der Waals surface area (Å²) in [5, 5.41) is 12.7. The Balaban J connectivity index is 3.17. The Morgan fingerprint density at radius 2 is 2.06 bits per heavy atom. The molecule has 1 rings (SSSR count). The van der Waals surface area contributed by atoms with Crippen LogP contribution >= 0.6 is 0 Å². The molecule has 4 heteroatoms. The number of hydrogen-bond donors (Lipinski definition) is 2. The van der Waals surface area contributed by atoms with Gasteiger partial charge in [0.15, 0.2) is 0 Å². The molecule has 1 aromatic carbocycles. The maximum Gasteiger partial charge on any atom is 0.130 e. The van der Waals surface area contributed by atoms with Gasteiger partial charge in [-0.05, 0) is 30.7 Å². The zero-order valence-electron chi connectivity index (χ0n) is 10.7. The topological polar surface area (TPSA) is 41.5 Å². The molecule has 0 fully saturated rings. The Morgan fingerprint density at radius 3 is 2.53 bits per heavy atom. The van der Waals surface area contributed by atoms with E-state index in [0.29, 0.717) is 23.4 Å². The van der Waals surface area contributed by atoms with Gasteiger partial charge in [-0.15, -0.1) is 0 Å². The van der Waals surface area contributed by atoms with E-state index < -0.39 is 6.10 Å². The standard InChI is InChI=1S/C13H20FNO2/c1-8(2)13-10(14)5-9(6-12(13)17-4)11(16)7-15-3/h5-6,8,11,15-16H,7H2,1-4H3. The van der Waals surface area contributed by atoms with Gasteiger partial charge in [-0.25, -0.2) is 4.39 Å². The van der Waals surface area contributed by atoms with Gasteiger partial charge in [-0.2, -0.15) is 0 Å². The highest BCUT2D eigenvalue weighted by atomic mass is 19.1. The smallest absolute Gasteiger partial charge is 0.130 e. The largest absolute Gasteiger partial charge is 0.496 e. The molecule has 17 heavy (non-hydrogen) atoms. The maximum atomic E-state index is 13.9. The van der Waals surface area contributed by atoms with E-state index in [0.717, 1.165) is 0 Å². The molecule has 0 aliphatic rings. The molecule has 3 nitrogen and oxygen atoms in total. The van der Waals surface area contributed by atoms with Gasteiger partial charge >= 0.3 is 0 Å². The molecule has 2 N–H and O–H groups in total. The molecule has 0 aromatic heterocycles. The van der Waals surface area contributed by atoms with Crippen LogP contribution in [0.5, 0.6) is 5.75 Å². The summed E-state index contributed by atoms with van der Waals surface area (Å²) in [6.45, 7) is 4.19. The number of aliphatic hydroxyl groups is 1. The van der Waals surface area contributed by atoms with Crippen LogP contribution in [0, 0.1) is 5.82 Å². The first-order valence-electron chi connectivity index (χ1n) is 5.71. The molecule has 0 aliphatic heterocycles. The molecule has 1 unspecified atom stereocenters. The first-order chi connectivity index (χ1) is 8.01. The summed E-state index contributed by atoms with van der Waals surface area (Å²) < 4.78 is 19.1. The van der Waals surface area contributed by atoms with Gasteiger partial charge in [0.1, 0.15) is 11.6 Å². The van der Waals surface area contributed by atoms with E-state index in [-0.39, 0.29) is 11.7 Å². The number of methoxy groups -OCH3 is 1. The van der Waals surface area contributed by atoms with Crippen LogP contribution in [0.4, 0.5) is 4.39 Å².